The average Bonchev–Trinajstić information content (AvgIpc) is 3.21. The van der Waals surface area contributed by atoms with Crippen LogP contribution in [0.3, 0.4) is 0 Å². The molecule has 1 atom stereocenters. The maximum atomic E-state index is 13.5. The fourth-order valence-electron chi connectivity index (χ4n) is 4.03. The van der Waals surface area contributed by atoms with E-state index in [0.717, 1.165) is 30.2 Å². The van der Waals surface area contributed by atoms with Gasteiger partial charge in [-0.3, -0.25) is 4.79 Å². The van der Waals surface area contributed by atoms with E-state index in [2.05, 4.69) is 22.6 Å². The van der Waals surface area contributed by atoms with Crippen molar-refractivity contribution in [1.82, 2.24) is 25.2 Å². The lowest BCUT2D eigenvalue weighted by Gasteiger charge is -2.39. The van der Waals surface area contributed by atoms with Crippen molar-refractivity contribution in [2.24, 2.45) is 0 Å². The van der Waals surface area contributed by atoms with Crippen LogP contribution in [0.5, 0.6) is 5.75 Å². The van der Waals surface area contributed by atoms with Crippen LogP contribution in [0, 0.1) is 13.8 Å². The topological polar surface area (TPSA) is 106 Å². The van der Waals surface area contributed by atoms with E-state index in [1.165, 1.54) is 0 Å². The summed E-state index contributed by atoms with van der Waals surface area (Å²) in [6, 6.07) is 9.19. The molecule has 0 unspecified atom stereocenters. The highest BCUT2D eigenvalue weighted by atomic mass is 16.6. The average molecular weight is 437 g/mol. The summed E-state index contributed by atoms with van der Waals surface area (Å²) in [4.78, 5) is 24.8. The number of benzene rings is 1. The number of carbonyl (C=O) groups is 1. The van der Waals surface area contributed by atoms with Gasteiger partial charge in [-0.1, -0.05) is 29.4 Å². The molecule has 1 saturated heterocycles. The summed E-state index contributed by atoms with van der Waals surface area (Å²) in [5.74, 6) is 1.99. The second-order valence-corrected chi connectivity index (χ2v) is 8.44. The highest BCUT2D eigenvalue weighted by molar-refractivity contribution is 5.97. The standard InChI is InChI=1S/C23H28N6O3/c1-15-12-20(24-4)26-22(25-15)23(3)10-7-11-29(14-23)21(30)17-8-5-6-9-19(17)31-13-18-16(2)27-32-28-18/h5-6,8-9,12H,7,10-11,13-14H2,1-4H3,(H,24,25,26)/t23-/m0/s1. The first-order chi connectivity index (χ1) is 15.4. The van der Waals surface area contributed by atoms with E-state index in [-0.39, 0.29) is 17.9 Å². The van der Waals surface area contributed by atoms with Crippen LogP contribution >= 0.6 is 0 Å². The maximum absolute atomic E-state index is 13.5. The molecule has 1 N–H and O–H groups in total. The molecule has 168 valence electrons. The minimum Gasteiger partial charge on any atom is -0.486 e. The molecule has 2 aromatic heterocycles. The lowest BCUT2D eigenvalue weighted by Crippen LogP contribution is -2.48. The molecule has 4 rings (SSSR count). The SMILES string of the molecule is CNc1cc(C)nc([C@@]2(C)CCCN(C(=O)c3ccccc3OCc3nonc3C)C2)n1. The van der Waals surface area contributed by atoms with E-state index < -0.39 is 0 Å². The van der Waals surface area contributed by atoms with Crippen LogP contribution in [0.1, 0.15) is 53.0 Å². The lowest BCUT2D eigenvalue weighted by atomic mass is 9.80. The number of amides is 1. The van der Waals surface area contributed by atoms with Crippen LogP contribution in [0.4, 0.5) is 5.82 Å². The molecule has 9 nitrogen and oxygen atoms in total. The monoisotopic (exact) mass is 436 g/mol. The summed E-state index contributed by atoms with van der Waals surface area (Å²) < 4.78 is 10.6. The number of likely N-dealkylation sites (tertiary alicyclic amines) is 1. The molecule has 9 heteroatoms. The van der Waals surface area contributed by atoms with Gasteiger partial charge >= 0.3 is 0 Å². The predicted molar refractivity (Wildman–Crippen MR) is 119 cm³/mol. The first-order valence-corrected chi connectivity index (χ1v) is 10.7. The fraction of sp³-hybridized carbons (Fsp3) is 0.435. The van der Waals surface area contributed by atoms with E-state index in [9.17, 15) is 4.79 Å². The Labute approximate surface area is 187 Å². The fourth-order valence-corrected chi connectivity index (χ4v) is 4.03. The molecule has 3 aromatic rings. The van der Waals surface area contributed by atoms with Crippen LogP contribution in [-0.4, -0.2) is 51.2 Å². The first kappa shape index (κ1) is 21.7. The van der Waals surface area contributed by atoms with Crippen molar-refractivity contribution in [3.63, 3.8) is 0 Å². The molecule has 0 aliphatic carbocycles. The van der Waals surface area contributed by atoms with E-state index in [1.807, 2.05) is 37.1 Å². The molecular weight excluding hydrogens is 408 g/mol. The van der Waals surface area contributed by atoms with Gasteiger partial charge in [0.15, 0.2) is 0 Å². The molecule has 1 aliphatic rings. The summed E-state index contributed by atoms with van der Waals surface area (Å²) in [6.07, 6.45) is 1.79. The zero-order chi connectivity index (χ0) is 22.7. The molecule has 0 saturated carbocycles. The largest absolute Gasteiger partial charge is 0.486 e. The van der Waals surface area contributed by atoms with Gasteiger partial charge in [0.25, 0.3) is 5.91 Å². The Morgan fingerprint density at radius 3 is 2.81 bits per heavy atom. The molecule has 1 amide bonds. The number of ether oxygens (including phenoxy) is 1. The minimum atomic E-state index is -0.329. The number of nitrogens with one attached hydrogen (secondary N) is 1. The predicted octanol–water partition coefficient (Wildman–Crippen LogP) is 3.29. The first-order valence-electron chi connectivity index (χ1n) is 10.7. The number of para-hydroxylation sites is 1. The third kappa shape index (κ3) is 4.42. The Morgan fingerprint density at radius 1 is 1.25 bits per heavy atom. The number of rotatable bonds is 6. The van der Waals surface area contributed by atoms with Gasteiger partial charge in [-0.2, -0.15) is 0 Å². The quantitative estimate of drug-likeness (QED) is 0.627. The number of piperidine rings is 1. The number of carbonyl (C=O) groups excluding carboxylic acids is 1. The molecule has 0 bridgehead atoms. The normalized spacial score (nSPS) is 18.4. The van der Waals surface area contributed by atoms with Gasteiger partial charge in [0.1, 0.15) is 35.4 Å². The number of aromatic nitrogens is 4. The summed E-state index contributed by atoms with van der Waals surface area (Å²) >= 11 is 0. The van der Waals surface area contributed by atoms with Crippen LogP contribution in [-0.2, 0) is 12.0 Å². The number of aryl methyl sites for hydroxylation is 2. The number of anilines is 1. The van der Waals surface area contributed by atoms with E-state index in [4.69, 9.17) is 19.3 Å². The van der Waals surface area contributed by atoms with Crippen molar-refractivity contribution in [3.05, 3.63) is 58.8 Å². The number of hydrogen-bond donors (Lipinski definition) is 1. The molecule has 1 aromatic carbocycles. The number of hydrogen-bond acceptors (Lipinski definition) is 8. The zero-order valence-electron chi connectivity index (χ0n) is 18.9. The summed E-state index contributed by atoms with van der Waals surface area (Å²) in [5.41, 5.74) is 2.37. The van der Waals surface area contributed by atoms with Crippen molar-refractivity contribution < 1.29 is 14.2 Å². The minimum absolute atomic E-state index is 0.0667. The van der Waals surface area contributed by atoms with Crippen molar-refractivity contribution in [3.8, 4) is 5.75 Å². The van der Waals surface area contributed by atoms with Crippen LogP contribution in [0.2, 0.25) is 0 Å². The molecule has 32 heavy (non-hydrogen) atoms. The van der Waals surface area contributed by atoms with E-state index in [0.29, 0.717) is 35.8 Å². The highest BCUT2D eigenvalue weighted by Gasteiger charge is 2.38. The van der Waals surface area contributed by atoms with Crippen LogP contribution < -0.4 is 10.1 Å². The third-order valence-electron chi connectivity index (χ3n) is 5.86. The third-order valence-corrected chi connectivity index (χ3v) is 5.86. The summed E-state index contributed by atoms with van der Waals surface area (Å²) in [6.45, 7) is 7.29. The van der Waals surface area contributed by atoms with Gasteiger partial charge in [-0.05, 0) is 38.8 Å². The van der Waals surface area contributed by atoms with Crippen LogP contribution in [0.25, 0.3) is 0 Å². The second-order valence-electron chi connectivity index (χ2n) is 8.44. The van der Waals surface area contributed by atoms with Crippen molar-refractivity contribution >= 4 is 11.7 Å². The molecule has 0 spiro atoms. The van der Waals surface area contributed by atoms with Gasteiger partial charge in [0, 0.05) is 37.3 Å². The van der Waals surface area contributed by atoms with Crippen molar-refractivity contribution in [1.29, 1.82) is 0 Å². The maximum Gasteiger partial charge on any atom is 0.257 e. The highest BCUT2D eigenvalue weighted by Crippen LogP contribution is 2.34. The molecular formula is C23H28N6O3. The Balaban J connectivity index is 1.55. The zero-order valence-corrected chi connectivity index (χ0v) is 18.9. The molecule has 3 heterocycles. The van der Waals surface area contributed by atoms with Crippen molar-refractivity contribution in [2.75, 3.05) is 25.5 Å². The summed E-state index contributed by atoms with van der Waals surface area (Å²) in [7, 11) is 1.85. The van der Waals surface area contributed by atoms with Gasteiger partial charge in [-0.25, -0.2) is 14.6 Å². The van der Waals surface area contributed by atoms with Gasteiger partial charge in [0.2, 0.25) is 0 Å². The summed E-state index contributed by atoms with van der Waals surface area (Å²) in [5, 5.41) is 10.7. The van der Waals surface area contributed by atoms with Gasteiger partial charge in [0.05, 0.1) is 5.56 Å². The van der Waals surface area contributed by atoms with E-state index >= 15 is 0 Å². The van der Waals surface area contributed by atoms with Crippen LogP contribution in [0.15, 0.2) is 35.0 Å². The molecule has 0 radical (unpaired) electrons. The van der Waals surface area contributed by atoms with Gasteiger partial charge in [-0.15, -0.1) is 0 Å². The second kappa shape index (κ2) is 8.94. The Kier molecular flexibility index (Phi) is 6.07. The number of nitrogens with zero attached hydrogens (tertiary/aromatic N) is 5. The van der Waals surface area contributed by atoms with E-state index in [1.54, 1.807) is 19.1 Å². The smallest absolute Gasteiger partial charge is 0.257 e. The molecule has 1 aliphatic heterocycles. The van der Waals surface area contributed by atoms with Crippen molar-refractivity contribution in [2.45, 2.75) is 45.6 Å². The lowest BCUT2D eigenvalue weighted by molar-refractivity contribution is 0.0639. The van der Waals surface area contributed by atoms with Gasteiger partial charge < -0.3 is 15.0 Å². The Bertz CT molecular complexity index is 1110. The Morgan fingerprint density at radius 2 is 2.06 bits per heavy atom. The molecule has 1 fully saturated rings. The Hall–Kier alpha value is -3.49.